The zero-order chi connectivity index (χ0) is 13.9. The molecule has 0 aliphatic carbocycles. The molecule has 0 atom stereocenters. The minimum atomic E-state index is -0.0732. The van der Waals surface area contributed by atoms with E-state index in [1.807, 2.05) is 27.7 Å². The van der Waals surface area contributed by atoms with Crippen LogP contribution in [0.15, 0.2) is 12.1 Å². The van der Waals surface area contributed by atoms with Crippen molar-refractivity contribution in [3.8, 4) is 11.5 Å². The second-order valence-corrected chi connectivity index (χ2v) is 5.08. The van der Waals surface area contributed by atoms with E-state index in [1.54, 1.807) is 12.1 Å². The number of Topliss-reactive ketones (excluding diaryl/α,β-unsaturated/α-hetero) is 1. The summed E-state index contributed by atoms with van der Waals surface area (Å²) in [6.45, 7) is 9.10. The fraction of sp³-hybridized carbons (Fsp3) is 0.500. The molecule has 1 aromatic rings. The first-order valence-corrected chi connectivity index (χ1v) is 6.36. The van der Waals surface area contributed by atoms with Crippen molar-refractivity contribution in [2.75, 3.05) is 0 Å². The molecule has 0 aliphatic rings. The van der Waals surface area contributed by atoms with Crippen LogP contribution in [0, 0.1) is 0 Å². The third kappa shape index (κ3) is 3.91. The van der Waals surface area contributed by atoms with Crippen LogP contribution in [-0.2, 0) is 0 Å². The molecule has 0 saturated carbocycles. The topological polar surface area (TPSA) is 35.5 Å². The number of rotatable bonds is 5. The van der Waals surface area contributed by atoms with E-state index < -0.39 is 0 Å². The lowest BCUT2D eigenvalue weighted by molar-refractivity contribution is 0.101. The maximum absolute atomic E-state index is 11.6. The van der Waals surface area contributed by atoms with Crippen LogP contribution in [-0.4, -0.2) is 18.0 Å². The minimum Gasteiger partial charge on any atom is -0.490 e. The molecule has 0 radical (unpaired) electrons. The molecule has 100 valence electrons. The number of ether oxygens (including phenoxy) is 2. The van der Waals surface area contributed by atoms with Crippen molar-refractivity contribution in [3.05, 3.63) is 22.7 Å². The van der Waals surface area contributed by atoms with Gasteiger partial charge in [0.05, 0.1) is 22.8 Å². The van der Waals surface area contributed by atoms with Gasteiger partial charge in [-0.15, -0.1) is 0 Å². The fourth-order valence-corrected chi connectivity index (χ4v) is 1.70. The van der Waals surface area contributed by atoms with Gasteiger partial charge in [-0.3, -0.25) is 4.79 Å². The average molecular weight is 271 g/mol. The Labute approximate surface area is 113 Å². The Morgan fingerprint density at radius 3 is 2.00 bits per heavy atom. The summed E-state index contributed by atoms with van der Waals surface area (Å²) in [4.78, 5) is 11.6. The van der Waals surface area contributed by atoms with E-state index in [2.05, 4.69) is 0 Å². The van der Waals surface area contributed by atoms with Gasteiger partial charge in [0.25, 0.3) is 0 Å². The van der Waals surface area contributed by atoms with Gasteiger partial charge in [-0.05, 0) is 40.7 Å². The van der Waals surface area contributed by atoms with Gasteiger partial charge < -0.3 is 9.47 Å². The number of hydrogen-bond acceptors (Lipinski definition) is 3. The van der Waals surface area contributed by atoms with Crippen molar-refractivity contribution in [3.63, 3.8) is 0 Å². The van der Waals surface area contributed by atoms with E-state index in [1.165, 1.54) is 6.92 Å². The van der Waals surface area contributed by atoms with E-state index in [0.29, 0.717) is 22.1 Å². The molecule has 0 N–H and O–H groups in total. The zero-order valence-electron chi connectivity index (χ0n) is 11.4. The van der Waals surface area contributed by atoms with Gasteiger partial charge in [0.15, 0.2) is 5.78 Å². The van der Waals surface area contributed by atoms with Crippen LogP contribution in [0.3, 0.4) is 0 Å². The number of carbonyl (C=O) groups excluding carboxylic acids is 1. The number of benzene rings is 1. The van der Waals surface area contributed by atoms with Crippen LogP contribution < -0.4 is 9.47 Å². The van der Waals surface area contributed by atoms with Crippen molar-refractivity contribution in [1.82, 2.24) is 0 Å². The van der Waals surface area contributed by atoms with Crippen molar-refractivity contribution in [2.45, 2.75) is 46.8 Å². The maximum atomic E-state index is 11.6. The van der Waals surface area contributed by atoms with E-state index in [4.69, 9.17) is 21.1 Å². The molecular formula is C14H19ClO3. The molecule has 1 aromatic carbocycles. The summed E-state index contributed by atoms with van der Waals surface area (Å²) in [5, 5.41) is 0.448. The number of ketones is 1. The Balaban J connectivity index is 3.20. The Bertz CT molecular complexity index is 439. The van der Waals surface area contributed by atoms with Gasteiger partial charge in [-0.25, -0.2) is 0 Å². The predicted octanol–water partition coefficient (Wildman–Crippen LogP) is 4.12. The van der Waals surface area contributed by atoms with Gasteiger partial charge in [0, 0.05) is 6.07 Å². The molecule has 0 aliphatic heterocycles. The molecule has 0 heterocycles. The Hall–Kier alpha value is -1.22. The third-order valence-corrected chi connectivity index (χ3v) is 2.43. The van der Waals surface area contributed by atoms with Gasteiger partial charge in [0.2, 0.25) is 0 Å². The molecule has 4 heteroatoms. The van der Waals surface area contributed by atoms with Crippen molar-refractivity contribution in [2.24, 2.45) is 0 Å². The maximum Gasteiger partial charge on any atom is 0.163 e. The Morgan fingerprint density at radius 1 is 1.06 bits per heavy atom. The lowest BCUT2D eigenvalue weighted by Gasteiger charge is -2.17. The Kier molecular flexibility index (Phi) is 5.03. The minimum absolute atomic E-state index is 0.000764. The van der Waals surface area contributed by atoms with Crippen LogP contribution in [0.1, 0.15) is 45.0 Å². The molecule has 0 saturated heterocycles. The van der Waals surface area contributed by atoms with Gasteiger partial charge >= 0.3 is 0 Å². The smallest absolute Gasteiger partial charge is 0.163 e. The van der Waals surface area contributed by atoms with Crippen LogP contribution >= 0.6 is 11.6 Å². The van der Waals surface area contributed by atoms with E-state index in [9.17, 15) is 4.79 Å². The summed E-state index contributed by atoms with van der Waals surface area (Å²) >= 11 is 6.12. The molecule has 0 bridgehead atoms. The standard InChI is InChI=1S/C14H19ClO3/c1-8(2)17-13-7-12(15)14(18-9(3)4)6-11(13)10(5)16/h6-9H,1-5H3. The van der Waals surface area contributed by atoms with Crippen LogP contribution in [0.25, 0.3) is 0 Å². The normalized spacial score (nSPS) is 10.9. The molecule has 1 rings (SSSR count). The van der Waals surface area contributed by atoms with Crippen LogP contribution in [0.5, 0.6) is 11.5 Å². The van der Waals surface area contributed by atoms with Gasteiger partial charge in [-0.1, -0.05) is 11.6 Å². The highest BCUT2D eigenvalue weighted by Gasteiger charge is 2.15. The molecule has 0 spiro atoms. The van der Waals surface area contributed by atoms with E-state index >= 15 is 0 Å². The average Bonchev–Trinajstić information content (AvgIpc) is 2.19. The first kappa shape index (κ1) is 14.8. The van der Waals surface area contributed by atoms with E-state index in [0.717, 1.165) is 0 Å². The molecule has 0 unspecified atom stereocenters. The van der Waals surface area contributed by atoms with Gasteiger partial charge in [0.1, 0.15) is 11.5 Å². The van der Waals surface area contributed by atoms with Crippen molar-refractivity contribution < 1.29 is 14.3 Å². The summed E-state index contributed by atoms with van der Waals surface area (Å²) in [7, 11) is 0. The number of halogens is 1. The van der Waals surface area contributed by atoms with Crippen LogP contribution in [0.4, 0.5) is 0 Å². The first-order chi connectivity index (χ1) is 8.31. The SMILES string of the molecule is CC(=O)c1cc(OC(C)C)c(Cl)cc1OC(C)C. The van der Waals surface area contributed by atoms with E-state index in [-0.39, 0.29) is 18.0 Å². The predicted molar refractivity (Wildman–Crippen MR) is 73.0 cm³/mol. The van der Waals surface area contributed by atoms with Crippen LogP contribution in [0.2, 0.25) is 5.02 Å². The highest BCUT2D eigenvalue weighted by Crippen LogP contribution is 2.34. The largest absolute Gasteiger partial charge is 0.490 e. The number of carbonyl (C=O) groups is 1. The molecule has 3 nitrogen and oxygen atoms in total. The summed E-state index contributed by atoms with van der Waals surface area (Å²) in [5.74, 6) is 0.933. The molecule has 0 aromatic heterocycles. The monoisotopic (exact) mass is 270 g/mol. The third-order valence-electron chi connectivity index (χ3n) is 2.14. The zero-order valence-corrected chi connectivity index (χ0v) is 12.2. The van der Waals surface area contributed by atoms with Gasteiger partial charge in [-0.2, -0.15) is 0 Å². The fourth-order valence-electron chi connectivity index (χ4n) is 1.51. The molecule has 0 fully saturated rings. The summed E-state index contributed by atoms with van der Waals surface area (Å²) < 4.78 is 11.1. The summed E-state index contributed by atoms with van der Waals surface area (Å²) in [6, 6.07) is 3.28. The van der Waals surface area contributed by atoms with Crippen molar-refractivity contribution in [1.29, 1.82) is 0 Å². The second kappa shape index (κ2) is 6.10. The van der Waals surface area contributed by atoms with Crippen molar-refractivity contribution >= 4 is 17.4 Å². The first-order valence-electron chi connectivity index (χ1n) is 5.99. The highest BCUT2D eigenvalue weighted by atomic mass is 35.5. The summed E-state index contributed by atoms with van der Waals surface area (Å²) in [5.41, 5.74) is 0.490. The molecular weight excluding hydrogens is 252 g/mol. The molecule has 18 heavy (non-hydrogen) atoms. The lowest BCUT2D eigenvalue weighted by Crippen LogP contribution is -2.11. The summed E-state index contributed by atoms with van der Waals surface area (Å²) in [6.07, 6.45) is -0.0183. The highest BCUT2D eigenvalue weighted by molar-refractivity contribution is 6.32. The number of hydrogen-bond donors (Lipinski definition) is 0. The molecule has 0 amide bonds. The Morgan fingerprint density at radius 2 is 1.56 bits per heavy atom. The quantitative estimate of drug-likeness (QED) is 0.755. The second-order valence-electron chi connectivity index (χ2n) is 4.67. The lowest BCUT2D eigenvalue weighted by atomic mass is 10.1.